The van der Waals surface area contributed by atoms with Crippen LogP contribution in [0, 0.1) is 5.92 Å². The maximum atomic E-state index is 12.7. The SMILES string of the molecule is CCCCCC(=Cc1ccccc1)CN(C(=O)C(C)C)C(C)CC. The standard InChI is InChI=1S/C22H35NO/c1-6-8-10-15-21(16-20-13-11-9-12-14-20)17-23(19(5)7-2)22(24)18(3)4/h9,11-14,16,18-19H,6-8,10,15,17H2,1-5H3. The average Bonchev–Trinajstić information content (AvgIpc) is 2.59. The van der Waals surface area contributed by atoms with Crippen molar-refractivity contribution >= 4 is 12.0 Å². The van der Waals surface area contributed by atoms with E-state index < -0.39 is 0 Å². The van der Waals surface area contributed by atoms with Gasteiger partial charge < -0.3 is 4.90 Å². The molecule has 0 aliphatic carbocycles. The summed E-state index contributed by atoms with van der Waals surface area (Å²) in [6, 6.07) is 10.7. The van der Waals surface area contributed by atoms with Crippen molar-refractivity contribution in [3.63, 3.8) is 0 Å². The van der Waals surface area contributed by atoms with Gasteiger partial charge in [0.25, 0.3) is 0 Å². The third kappa shape index (κ3) is 6.90. The van der Waals surface area contributed by atoms with Crippen LogP contribution < -0.4 is 0 Å². The molecule has 0 N–H and O–H groups in total. The fraction of sp³-hybridized carbons (Fsp3) is 0.591. The molecule has 0 bridgehead atoms. The Kier molecular flexibility index (Phi) is 9.44. The van der Waals surface area contributed by atoms with Gasteiger partial charge in [-0.05, 0) is 31.7 Å². The van der Waals surface area contributed by atoms with E-state index in [1.807, 2.05) is 19.9 Å². The molecule has 1 rings (SSSR count). The first-order valence-electron chi connectivity index (χ1n) is 9.54. The number of carbonyl (C=O) groups excluding carboxylic acids is 1. The molecule has 0 saturated heterocycles. The molecule has 24 heavy (non-hydrogen) atoms. The van der Waals surface area contributed by atoms with Crippen molar-refractivity contribution < 1.29 is 4.79 Å². The molecule has 0 spiro atoms. The highest BCUT2D eigenvalue weighted by atomic mass is 16.2. The van der Waals surface area contributed by atoms with Crippen molar-refractivity contribution in [1.82, 2.24) is 4.90 Å². The summed E-state index contributed by atoms with van der Waals surface area (Å²) in [6.07, 6.45) is 8.00. The number of carbonyl (C=O) groups is 1. The molecular weight excluding hydrogens is 294 g/mol. The molecule has 134 valence electrons. The molecule has 2 nitrogen and oxygen atoms in total. The minimum absolute atomic E-state index is 0.0487. The van der Waals surface area contributed by atoms with Gasteiger partial charge >= 0.3 is 0 Å². The number of hydrogen-bond acceptors (Lipinski definition) is 1. The van der Waals surface area contributed by atoms with Gasteiger partial charge in [0, 0.05) is 18.5 Å². The van der Waals surface area contributed by atoms with Crippen molar-refractivity contribution in [3.8, 4) is 0 Å². The van der Waals surface area contributed by atoms with Crippen LogP contribution >= 0.6 is 0 Å². The molecule has 0 heterocycles. The molecule has 0 aliphatic rings. The lowest BCUT2D eigenvalue weighted by Gasteiger charge is -2.31. The van der Waals surface area contributed by atoms with Gasteiger partial charge in [-0.2, -0.15) is 0 Å². The lowest BCUT2D eigenvalue weighted by atomic mass is 10.0. The molecule has 1 aromatic rings. The zero-order chi connectivity index (χ0) is 17.9. The highest BCUT2D eigenvalue weighted by molar-refractivity contribution is 5.79. The Hall–Kier alpha value is -1.57. The van der Waals surface area contributed by atoms with E-state index >= 15 is 0 Å². The van der Waals surface area contributed by atoms with Gasteiger partial charge in [0.2, 0.25) is 5.91 Å². The topological polar surface area (TPSA) is 20.3 Å². The minimum Gasteiger partial charge on any atom is -0.336 e. The average molecular weight is 330 g/mol. The predicted octanol–water partition coefficient (Wildman–Crippen LogP) is 5.93. The van der Waals surface area contributed by atoms with Gasteiger partial charge in [-0.1, -0.05) is 82.5 Å². The second-order valence-corrected chi connectivity index (χ2v) is 7.05. The fourth-order valence-electron chi connectivity index (χ4n) is 2.81. The molecule has 0 saturated carbocycles. The number of nitrogens with zero attached hydrogens (tertiary/aromatic N) is 1. The Morgan fingerprint density at radius 1 is 1.08 bits per heavy atom. The van der Waals surface area contributed by atoms with Gasteiger partial charge in [0.1, 0.15) is 0 Å². The van der Waals surface area contributed by atoms with Crippen molar-refractivity contribution in [2.24, 2.45) is 5.92 Å². The first-order valence-corrected chi connectivity index (χ1v) is 9.54. The van der Waals surface area contributed by atoms with E-state index in [0.717, 1.165) is 19.4 Å². The van der Waals surface area contributed by atoms with Crippen LogP contribution in [-0.2, 0) is 4.79 Å². The number of benzene rings is 1. The number of hydrogen-bond donors (Lipinski definition) is 0. The summed E-state index contributed by atoms with van der Waals surface area (Å²) < 4.78 is 0. The maximum absolute atomic E-state index is 12.7. The van der Waals surface area contributed by atoms with Crippen molar-refractivity contribution in [2.75, 3.05) is 6.54 Å². The second kappa shape index (κ2) is 11.1. The third-order valence-electron chi connectivity index (χ3n) is 4.55. The van der Waals surface area contributed by atoms with E-state index in [9.17, 15) is 4.79 Å². The summed E-state index contributed by atoms with van der Waals surface area (Å²) in [7, 11) is 0. The van der Waals surface area contributed by atoms with Crippen LogP contribution in [0.2, 0.25) is 0 Å². The quantitative estimate of drug-likeness (QED) is 0.487. The van der Waals surface area contributed by atoms with E-state index in [2.05, 4.69) is 56.0 Å². The molecule has 0 fully saturated rings. The van der Waals surface area contributed by atoms with Crippen LogP contribution in [0.4, 0.5) is 0 Å². The van der Waals surface area contributed by atoms with E-state index in [1.165, 1.54) is 30.4 Å². The van der Waals surface area contributed by atoms with Gasteiger partial charge in [-0.3, -0.25) is 4.79 Å². The van der Waals surface area contributed by atoms with Crippen molar-refractivity contribution in [2.45, 2.75) is 72.8 Å². The summed E-state index contributed by atoms with van der Waals surface area (Å²) in [5.41, 5.74) is 2.59. The number of rotatable bonds is 10. The van der Waals surface area contributed by atoms with Gasteiger partial charge in [0.05, 0.1) is 0 Å². The van der Waals surface area contributed by atoms with Crippen LogP contribution in [0.15, 0.2) is 35.9 Å². The van der Waals surface area contributed by atoms with Crippen LogP contribution in [-0.4, -0.2) is 23.4 Å². The second-order valence-electron chi connectivity index (χ2n) is 7.05. The summed E-state index contributed by atoms with van der Waals surface area (Å²) in [6.45, 7) is 11.3. The molecule has 1 amide bonds. The van der Waals surface area contributed by atoms with Crippen molar-refractivity contribution in [3.05, 3.63) is 41.5 Å². The lowest BCUT2D eigenvalue weighted by molar-refractivity contribution is -0.136. The molecular formula is C22H35NO. The maximum Gasteiger partial charge on any atom is 0.225 e. The molecule has 1 unspecified atom stereocenters. The van der Waals surface area contributed by atoms with E-state index in [1.54, 1.807) is 0 Å². The minimum atomic E-state index is 0.0487. The molecule has 1 aromatic carbocycles. The normalized spacial score (nSPS) is 13.2. The Labute approximate surface area is 149 Å². The fourth-order valence-corrected chi connectivity index (χ4v) is 2.81. The predicted molar refractivity (Wildman–Crippen MR) is 105 cm³/mol. The molecule has 0 aliphatic heterocycles. The third-order valence-corrected chi connectivity index (χ3v) is 4.55. The number of unbranched alkanes of at least 4 members (excludes halogenated alkanes) is 2. The molecule has 0 aromatic heterocycles. The van der Waals surface area contributed by atoms with Gasteiger partial charge in [-0.25, -0.2) is 0 Å². The smallest absolute Gasteiger partial charge is 0.225 e. The van der Waals surface area contributed by atoms with Crippen LogP contribution in [0.5, 0.6) is 0 Å². The molecule has 1 atom stereocenters. The lowest BCUT2D eigenvalue weighted by Crippen LogP contribution is -2.42. The Morgan fingerprint density at radius 2 is 1.75 bits per heavy atom. The summed E-state index contributed by atoms with van der Waals surface area (Å²) >= 11 is 0. The van der Waals surface area contributed by atoms with Crippen LogP contribution in [0.25, 0.3) is 6.08 Å². The van der Waals surface area contributed by atoms with E-state index in [0.29, 0.717) is 0 Å². The van der Waals surface area contributed by atoms with Crippen LogP contribution in [0.3, 0.4) is 0 Å². The van der Waals surface area contributed by atoms with Gasteiger partial charge in [-0.15, -0.1) is 0 Å². The highest BCUT2D eigenvalue weighted by Gasteiger charge is 2.22. The highest BCUT2D eigenvalue weighted by Crippen LogP contribution is 2.19. The largest absolute Gasteiger partial charge is 0.336 e. The Balaban J connectivity index is 2.98. The van der Waals surface area contributed by atoms with Crippen molar-refractivity contribution in [1.29, 1.82) is 0 Å². The first-order chi connectivity index (χ1) is 11.5. The van der Waals surface area contributed by atoms with E-state index in [4.69, 9.17) is 0 Å². The van der Waals surface area contributed by atoms with Crippen LogP contribution in [0.1, 0.15) is 72.3 Å². The molecule has 2 heteroatoms. The first kappa shape index (κ1) is 20.5. The monoisotopic (exact) mass is 329 g/mol. The van der Waals surface area contributed by atoms with E-state index in [-0.39, 0.29) is 17.9 Å². The summed E-state index contributed by atoms with van der Waals surface area (Å²) in [5.74, 6) is 0.312. The molecule has 0 radical (unpaired) electrons. The Bertz CT molecular complexity index is 504. The Morgan fingerprint density at radius 3 is 2.29 bits per heavy atom. The zero-order valence-corrected chi connectivity index (χ0v) is 16.2. The number of amides is 1. The summed E-state index contributed by atoms with van der Waals surface area (Å²) in [5, 5.41) is 0. The van der Waals surface area contributed by atoms with Gasteiger partial charge in [0.15, 0.2) is 0 Å². The summed E-state index contributed by atoms with van der Waals surface area (Å²) in [4.78, 5) is 14.7. The zero-order valence-electron chi connectivity index (χ0n) is 16.2.